The molecular weight excluding hydrogens is 302 g/mol. The van der Waals surface area contributed by atoms with Crippen molar-refractivity contribution in [1.29, 1.82) is 0 Å². The Bertz CT molecular complexity index is 578. The molecule has 2 N–H and O–H groups in total. The van der Waals surface area contributed by atoms with Crippen LogP contribution in [0.3, 0.4) is 0 Å². The third kappa shape index (κ3) is 1.98. The molecular formula is C12H19NO7S. The average Bonchev–Trinajstić information content (AvgIpc) is 3.22. The second-order valence-corrected chi connectivity index (χ2v) is 8.50. The van der Waals surface area contributed by atoms with Crippen LogP contribution in [0.1, 0.15) is 13.3 Å². The van der Waals surface area contributed by atoms with Crippen LogP contribution in [0.4, 0.5) is 4.79 Å². The lowest BCUT2D eigenvalue weighted by Gasteiger charge is -2.24. The Morgan fingerprint density at radius 2 is 2.19 bits per heavy atom. The molecule has 2 saturated carbocycles. The van der Waals surface area contributed by atoms with E-state index < -0.39 is 27.1 Å². The highest BCUT2D eigenvalue weighted by Crippen LogP contribution is 2.75. The maximum Gasteiger partial charge on any atom is 0.434 e. The lowest BCUT2D eigenvalue weighted by atomic mass is 10.1. The van der Waals surface area contributed by atoms with Crippen molar-refractivity contribution in [1.82, 2.24) is 5.06 Å². The molecule has 1 aliphatic heterocycles. The zero-order chi connectivity index (χ0) is 15.6. The third-order valence-corrected chi connectivity index (χ3v) is 5.90. The first-order valence-electron chi connectivity index (χ1n) is 6.81. The molecule has 5 atom stereocenters. The zero-order valence-electron chi connectivity index (χ0n) is 11.9. The topological polar surface area (TPSA) is 113 Å². The quantitative estimate of drug-likeness (QED) is 0.513. The van der Waals surface area contributed by atoms with Gasteiger partial charge in [0, 0.05) is 18.6 Å². The van der Waals surface area contributed by atoms with Crippen LogP contribution in [0, 0.1) is 11.8 Å². The second-order valence-electron chi connectivity index (χ2n) is 6.24. The van der Waals surface area contributed by atoms with E-state index in [1.807, 2.05) is 6.92 Å². The number of carbonyl (C=O) groups is 1. The molecule has 0 bridgehead atoms. The fourth-order valence-corrected chi connectivity index (χ4v) is 4.14. The molecule has 21 heavy (non-hydrogen) atoms. The summed E-state index contributed by atoms with van der Waals surface area (Å²) in [5.74, 6) is -0.355. The van der Waals surface area contributed by atoms with Crippen LogP contribution in [-0.2, 0) is 19.3 Å². The minimum absolute atomic E-state index is 0.0553. The van der Waals surface area contributed by atoms with E-state index in [1.54, 1.807) is 0 Å². The van der Waals surface area contributed by atoms with E-state index in [0.29, 0.717) is 11.5 Å². The van der Waals surface area contributed by atoms with Gasteiger partial charge in [-0.25, -0.2) is 13.2 Å². The lowest BCUT2D eigenvalue weighted by Crippen LogP contribution is -2.44. The molecule has 0 aromatic heterocycles. The Morgan fingerprint density at radius 3 is 2.71 bits per heavy atom. The summed E-state index contributed by atoms with van der Waals surface area (Å²) in [4.78, 5) is 11.9. The number of fused-ring (bicyclic) bond motifs is 3. The number of hydrogen-bond donors (Lipinski definition) is 2. The monoisotopic (exact) mass is 321 g/mol. The average molecular weight is 321 g/mol. The highest BCUT2D eigenvalue weighted by atomic mass is 32.2. The van der Waals surface area contributed by atoms with Crippen LogP contribution in [0.5, 0.6) is 0 Å². The summed E-state index contributed by atoms with van der Waals surface area (Å²) in [7, 11) is -3.23. The fourth-order valence-electron chi connectivity index (χ4n) is 3.76. The normalized spacial score (nSPS) is 43.0. The number of rotatable bonds is 5. The Kier molecular flexibility index (Phi) is 3.08. The summed E-state index contributed by atoms with van der Waals surface area (Å²) in [5, 5.41) is 20.1. The number of hydroxylamine groups is 2. The predicted molar refractivity (Wildman–Crippen MR) is 69.4 cm³/mol. The molecule has 3 fully saturated rings. The minimum Gasteiger partial charge on any atom is -0.447 e. The molecule has 2 aliphatic carbocycles. The van der Waals surface area contributed by atoms with E-state index >= 15 is 0 Å². The van der Waals surface area contributed by atoms with Gasteiger partial charge in [-0.3, -0.25) is 5.21 Å². The summed E-state index contributed by atoms with van der Waals surface area (Å²) in [5.41, 5.74) is -1.48. The summed E-state index contributed by atoms with van der Waals surface area (Å²) >= 11 is 0. The molecule has 8 nitrogen and oxygen atoms in total. The van der Waals surface area contributed by atoms with Crippen molar-refractivity contribution in [2.45, 2.75) is 30.6 Å². The number of amides is 1. The van der Waals surface area contributed by atoms with Gasteiger partial charge in [0.1, 0.15) is 17.7 Å². The van der Waals surface area contributed by atoms with E-state index in [9.17, 15) is 23.5 Å². The van der Waals surface area contributed by atoms with Crippen molar-refractivity contribution in [2.24, 2.45) is 11.8 Å². The SMILES string of the molecule is CC1C2C1(CO)OC1CC12N(O)C(=O)OCCS(C)(=O)=O. The van der Waals surface area contributed by atoms with Crippen LogP contribution < -0.4 is 0 Å². The van der Waals surface area contributed by atoms with Crippen molar-refractivity contribution in [3.8, 4) is 0 Å². The number of carbonyl (C=O) groups excluding carboxylic acids is 1. The van der Waals surface area contributed by atoms with Gasteiger partial charge in [0.15, 0.2) is 9.84 Å². The molecule has 0 aromatic carbocycles. The van der Waals surface area contributed by atoms with Gasteiger partial charge >= 0.3 is 6.09 Å². The van der Waals surface area contributed by atoms with E-state index in [2.05, 4.69) is 0 Å². The third-order valence-electron chi connectivity index (χ3n) is 4.99. The first-order chi connectivity index (χ1) is 9.69. The van der Waals surface area contributed by atoms with Crippen LogP contribution in [0.15, 0.2) is 0 Å². The van der Waals surface area contributed by atoms with E-state index in [0.717, 1.165) is 6.26 Å². The number of aliphatic hydroxyl groups excluding tert-OH is 1. The Balaban J connectivity index is 1.62. The number of sulfone groups is 1. The Hall–Kier alpha value is -0.900. The maximum absolute atomic E-state index is 11.9. The minimum atomic E-state index is -3.23. The number of aliphatic hydroxyl groups is 1. The van der Waals surface area contributed by atoms with Crippen molar-refractivity contribution < 1.29 is 33.0 Å². The number of ether oxygens (including phenoxy) is 2. The standard InChI is InChI=1S/C12H19NO7S/c1-7-9-11(5-8(11)20-12(7,9)6-14)13(16)10(15)19-3-4-21(2,17)18/h7-9,14,16H,3-6H2,1-2H3. The van der Waals surface area contributed by atoms with E-state index in [1.165, 1.54) is 0 Å². The lowest BCUT2D eigenvalue weighted by molar-refractivity contribution is -0.124. The molecule has 9 heteroatoms. The predicted octanol–water partition coefficient (Wildman–Crippen LogP) is -0.603. The molecule has 0 aromatic rings. The van der Waals surface area contributed by atoms with Gasteiger partial charge in [-0.2, -0.15) is 5.06 Å². The summed E-state index contributed by atoms with van der Waals surface area (Å²) < 4.78 is 32.5. The van der Waals surface area contributed by atoms with Gasteiger partial charge in [0.2, 0.25) is 0 Å². The Labute approximate surface area is 122 Å². The molecule has 1 amide bonds. The van der Waals surface area contributed by atoms with Crippen LogP contribution in [-0.4, -0.2) is 72.4 Å². The smallest absolute Gasteiger partial charge is 0.434 e. The van der Waals surface area contributed by atoms with Crippen molar-refractivity contribution >= 4 is 15.9 Å². The van der Waals surface area contributed by atoms with Gasteiger partial charge in [-0.05, 0) is 5.92 Å². The van der Waals surface area contributed by atoms with Gasteiger partial charge in [0.25, 0.3) is 0 Å². The van der Waals surface area contributed by atoms with Gasteiger partial charge in [0.05, 0.1) is 18.5 Å². The van der Waals surface area contributed by atoms with Gasteiger partial charge in [-0.1, -0.05) is 6.92 Å². The first-order valence-corrected chi connectivity index (χ1v) is 8.87. The summed E-state index contributed by atoms with van der Waals surface area (Å²) in [6.45, 7) is 1.45. The molecule has 0 radical (unpaired) electrons. The molecule has 1 heterocycles. The highest BCUT2D eigenvalue weighted by Gasteiger charge is 2.88. The number of hydrogen-bond acceptors (Lipinski definition) is 7. The summed E-state index contributed by atoms with van der Waals surface area (Å²) in [6, 6.07) is 0. The van der Waals surface area contributed by atoms with Crippen LogP contribution in [0.2, 0.25) is 0 Å². The van der Waals surface area contributed by atoms with Crippen molar-refractivity contribution in [3.05, 3.63) is 0 Å². The molecule has 3 aliphatic rings. The second kappa shape index (κ2) is 4.31. The molecule has 1 saturated heterocycles. The summed E-state index contributed by atoms with van der Waals surface area (Å²) in [6.07, 6.45) is 0.275. The fraction of sp³-hybridized carbons (Fsp3) is 0.917. The van der Waals surface area contributed by atoms with Crippen LogP contribution >= 0.6 is 0 Å². The number of nitrogens with zero attached hydrogens (tertiary/aromatic N) is 1. The van der Waals surface area contributed by atoms with Gasteiger partial charge < -0.3 is 14.6 Å². The van der Waals surface area contributed by atoms with Crippen molar-refractivity contribution in [2.75, 3.05) is 25.2 Å². The Morgan fingerprint density at radius 1 is 1.52 bits per heavy atom. The van der Waals surface area contributed by atoms with Crippen molar-refractivity contribution in [3.63, 3.8) is 0 Å². The highest BCUT2D eigenvalue weighted by molar-refractivity contribution is 7.90. The maximum atomic E-state index is 11.9. The largest absolute Gasteiger partial charge is 0.447 e. The molecule has 0 spiro atoms. The zero-order valence-corrected chi connectivity index (χ0v) is 12.7. The van der Waals surface area contributed by atoms with E-state index in [-0.39, 0.29) is 36.9 Å². The molecule has 120 valence electrons. The molecule has 5 unspecified atom stereocenters. The van der Waals surface area contributed by atoms with Crippen LogP contribution in [0.25, 0.3) is 0 Å². The van der Waals surface area contributed by atoms with E-state index in [4.69, 9.17) is 9.47 Å². The molecule has 3 rings (SSSR count). The first kappa shape index (κ1) is 15.0. The van der Waals surface area contributed by atoms with Gasteiger partial charge in [-0.15, -0.1) is 0 Å².